The second-order valence-electron chi connectivity index (χ2n) is 6.95. The smallest absolute Gasteiger partial charge is 0.268 e. The van der Waals surface area contributed by atoms with Crippen LogP contribution in [0, 0.1) is 0 Å². The first kappa shape index (κ1) is 18.4. The fraction of sp³-hybridized carbons (Fsp3) is 0. The summed E-state index contributed by atoms with van der Waals surface area (Å²) in [6.07, 6.45) is 0. The lowest BCUT2D eigenvalue weighted by molar-refractivity contribution is 0.0777. The average Bonchev–Trinajstić information content (AvgIpc) is 3.05. The molecule has 0 atom stereocenters. The topological polar surface area (TPSA) is 37.4 Å². The highest BCUT2D eigenvalue weighted by Crippen LogP contribution is 2.42. The van der Waals surface area contributed by atoms with Crippen LogP contribution in [0.25, 0.3) is 22.3 Å². The van der Waals surface area contributed by atoms with Gasteiger partial charge in [-0.25, -0.2) is 4.31 Å². The van der Waals surface area contributed by atoms with Crippen molar-refractivity contribution < 1.29 is 9.59 Å². The number of fused-ring (bicyclic) bond motifs is 1. The van der Waals surface area contributed by atoms with Crippen LogP contribution in [0.1, 0.15) is 20.7 Å². The number of hydrogen-bond donors (Lipinski definition) is 0. The lowest BCUT2D eigenvalue weighted by atomic mass is 9.88. The largest absolute Gasteiger partial charge is 0.272 e. The van der Waals surface area contributed by atoms with Gasteiger partial charge in [0.25, 0.3) is 11.8 Å². The van der Waals surface area contributed by atoms with Gasteiger partial charge in [-0.05, 0) is 46.8 Å². The minimum Gasteiger partial charge on any atom is -0.268 e. The summed E-state index contributed by atoms with van der Waals surface area (Å²) in [6, 6.07) is 32.9. The number of carbonyl (C=O) groups is 2. The maximum absolute atomic E-state index is 13.5. The van der Waals surface area contributed by atoms with Gasteiger partial charge in [0.1, 0.15) is 0 Å². The monoisotopic (exact) mass is 407 g/mol. The molecular weight excluding hydrogens is 390 g/mol. The molecule has 0 fully saturated rings. The molecule has 5 rings (SSSR count). The SMILES string of the molecule is O=C1c2ccc(-c3ccccc3)c(-c3ccccc3)c2C(=O)N1Sc1ccccc1. The van der Waals surface area contributed by atoms with Crippen molar-refractivity contribution >= 4 is 23.8 Å². The molecule has 0 aromatic heterocycles. The summed E-state index contributed by atoms with van der Waals surface area (Å²) in [4.78, 5) is 27.4. The molecule has 4 heteroatoms. The molecule has 1 heterocycles. The molecular formula is C26H17NO2S. The van der Waals surface area contributed by atoms with E-state index in [-0.39, 0.29) is 11.8 Å². The molecule has 0 unspecified atom stereocenters. The first-order valence-electron chi connectivity index (χ1n) is 9.63. The highest BCUT2D eigenvalue weighted by molar-refractivity contribution is 7.98. The zero-order valence-corrected chi connectivity index (χ0v) is 16.8. The van der Waals surface area contributed by atoms with E-state index in [0.29, 0.717) is 11.1 Å². The first-order chi connectivity index (χ1) is 14.7. The maximum atomic E-state index is 13.5. The Morgan fingerprint density at radius 3 is 1.67 bits per heavy atom. The first-order valence-corrected chi connectivity index (χ1v) is 10.4. The number of carbonyl (C=O) groups excluding carboxylic acids is 2. The molecule has 0 radical (unpaired) electrons. The van der Waals surface area contributed by atoms with Gasteiger partial charge in [0, 0.05) is 10.5 Å². The van der Waals surface area contributed by atoms with Crippen molar-refractivity contribution in [1.82, 2.24) is 4.31 Å². The molecule has 0 saturated heterocycles. The van der Waals surface area contributed by atoms with E-state index in [9.17, 15) is 9.59 Å². The van der Waals surface area contributed by atoms with E-state index in [0.717, 1.165) is 39.1 Å². The van der Waals surface area contributed by atoms with Crippen molar-refractivity contribution in [3.05, 3.63) is 114 Å². The van der Waals surface area contributed by atoms with Crippen molar-refractivity contribution in [2.45, 2.75) is 4.90 Å². The third kappa shape index (κ3) is 3.11. The number of benzene rings is 4. The Labute approximate surface area is 179 Å². The third-order valence-electron chi connectivity index (χ3n) is 5.11. The molecule has 3 nitrogen and oxygen atoms in total. The van der Waals surface area contributed by atoms with Crippen LogP contribution in [-0.4, -0.2) is 16.1 Å². The van der Waals surface area contributed by atoms with Crippen LogP contribution in [0.4, 0.5) is 0 Å². The van der Waals surface area contributed by atoms with Crippen LogP contribution >= 0.6 is 11.9 Å². The van der Waals surface area contributed by atoms with Crippen LogP contribution in [0.5, 0.6) is 0 Å². The molecule has 0 N–H and O–H groups in total. The Kier molecular flexibility index (Phi) is 4.69. The van der Waals surface area contributed by atoms with Crippen molar-refractivity contribution in [3.63, 3.8) is 0 Å². The summed E-state index contributed by atoms with van der Waals surface area (Å²) in [5.74, 6) is -0.555. The van der Waals surface area contributed by atoms with Crippen LogP contribution in [0.2, 0.25) is 0 Å². The Hall–Kier alpha value is -3.63. The standard InChI is InChI=1S/C26H17NO2S/c28-25-22-17-16-21(18-10-4-1-5-11-18)23(19-12-6-2-7-13-19)24(22)26(29)27(25)30-20-14-8-3-9-15-20/h1-17H. The Morgan fingerprint density at radius 2 is 1.03 bits per heavy atom. The second kappa shape index (κ2) is 7.65. The molecule has 30 heavy (non-hydrogen) atoms. The third-order valence-corrected chi connectivity index (χ3v) is 6.10. The highest BCUT2D eigenvalue weighted by Gasteiger charge is 2.39. The van der Waals surface area contributed by atoms with E-state index in [4.69, 9.17) is 0 Å². The predicted octanol–water partition coefficient (Wildman–Crippen LogP) is 6.32. The number of rotatable bonds is 4. The van der Waals surface area contributed by atoms with Gasteiger partial charge < -0.3 is 0 Å². The summed E-state index contributed by atoms with van der Waals surface area (Å²) < 4.78 is 1.27. The van der Waals surface area contributed by atoms with Gasteiger partial charge in [0.2, 0.25) is 0 Å². The molecule has 1 aliphatic rings. The van der Waals surface area contributed by atoms with Gasteiger partial charge >= 0.3 is 0 Å². The van der Waals surface area contributed by atoms with Gasteiger partial charge in [-0.1, -0.05) is 84.9 Å². The number of amides is 2. The molecule has 4 aromatic rings. The zero-order chi connectivity index (χ0) is 20.5. The van der Waals surface area contributed by atoms with Crippen molar-refractivity contribution in [2.24, 2.45) is 0 Å². The number of nitrogens with zero attached hydrogens (tertiary/aromatic N) is 1. The second-order valence-corrected chi connectivity index (χ2v) is 7.97. The molecule has 4 aromatic carbocycles. The van der Waals surface area contributed by atoms with E-state index in [1.54, 1.807) is 6.07 Å². The fourth-order valence-corrected chi connectivity index (χ4v) is 4.58. The van der Waals surface area contributed by atoms with Crippen molar-refractivity contribution in [2.75, 3.05) is 0 Å². The van der Waals surface area contributed by atoms with Gasteiger partial charge in [-0.15, -0.1) is 0 Å². The van der Waals surface area contributed by atoms with Crippen molar-refractivity contribution in [3.8, 4) is 22.3 Å². The average molecular weight is 407 g/mol. The minimum absolute atomic E-state index is 0.277. The Bertz CT molecular complexity index is 1240. The van der Waals surface area contributed by atoms with Crippen LogP contribution in [0.15, 0.2) is 108 Å². The van der Waals surface area contributed by atoms with Crippen molar-refractivity contribution in [1.29, 1.82) is 0 Å². The molecule has 0 spiro atoms. The van der Waals surface area contributed by atoms with Gasteiger partial charge in [0.05, 0.1) is 11.1 Å². The van der Waals surface area contributed by atoms with Crippen LogP contribution in [-0.2, 0) is 0 Å². The fourth-order valence-electron chi connectivity index (χ4n) is 3.74. The number of imide groups is 1. The van der Waals surface area contributed by atoms with E-state index < -0.39 is 0 Å². The normalized spacial score (nSPS) is 12.9. The molecule has 2 amide bonds. The number of hydrogen-bond acceptors (Lipinski definition) is 3. The van der Waals surface area contributed by atoms with Gasteiger partial charge in [0.15, 0.2) is 0 Å². The van der Waals surface area contributed by atoms with Gasteiger partial charge in [-0.3, -0.25) is 9.59 Å². The highest BCUT2D eigenvalue weighted by atomic mass is 32.2. The van der Waals surface area contributed by atoms with Gasteiger partial charge in [-0.2, -0.15) is 0 Å². The quantitative estimate of drug-likeness (QED) is 0.293. The maximum Gasteiger partial charge on any atom is 0.272 e. The lowest BCUT2D eigenvalue weighted by Gasteiger charge is -2.14. The van der Waals surface area contributed by atoms with Crippen LogP contribution < -0.4 is 0 Å². The summed E-state index contributed by atoms with van der Waals surface area (Å²) >= 11 is 1.16. The summed E-state index contributed by atoms with van der Waals surface area (Å²) in [7, 11) is 0. The summed E-state index contributed by atoms with van der Waals surface area (Å²) in [5, 5.41) is 0. The zero-order valence-electron chi connectivity index (χ0n) is 16.0. The minimum atomic E-state index is -0.277. The molecule has 0 aliphatic carbocycles. The molecule has 0 saturated carbocycles. The molecule has 1 aliphatic heterocycles. The summed E-state index contributed by atoms with van der Waals surface area (Å²) in [5.41, 5.74) is 4.58. The summed E-state index contributed by atoms with van der Waals surface area (Å²) in [6.45, 7) is 0. The van der Waals surface area contributed by atoms with E-state index in [2.05, 4.69) is 0 Å². The molecule has 0 bridgehead atoms. The van der Waals surface area contributed by atoms with E-state index >= 15 is 0 Å². The van der Waals surface area contributed by atoms with Crippen LogP contribution in [0.3, 0.4) is 0 Å². The Balaban J connectivity index is 1.69. The van der Waals surface area contributed by atoms with E-state index in [1.165, 1.54) is 4.31 Å². The van der Waals surface area contributed by atoms with E-state index in [1.807, 2.05) is 97.1 Å². The predicted molar refractivity (Wildman–Crippen MR) is 120 cm³/mol. The molecule has 144 valence electrons. The lowest BCUT2D eigenvalue weighted by Crippen LogP contribution is -2.22. The Morgan fingerprint density at radius 1 is 0.500 bits per heavy atom.